The highest BCUT2D eigenvalue weighted by Crippen LogP contribution is 2.14. The molecule has 1 amide bonds. The molecular weight excluding hydrogens is 241 g/mol. The Balaban J connectivity index is 2.44. The maximum absolute atomic E-state index is 13.3. The SMILES string of the molecule is CCCCCCNC(=O)c1cc(Cl)ccc1F. The molecule has 2 nitrogen and oxygen atoms in total. The standard InChI is InChI=1S/C13H17ClFNO/c1-2-3-4-5-8-16-13(17)11-9-10(14)6-7-12(11)15/h6-7,9H,2-5,8H2,1H3,(H,16,17). The molecule has 0 spiro atoms. The monoisotopic (exact) mass is 257 g/mol. The molecule has 17 heavy (non-hydrogen) atoms. The lowest BCUT2D eigenvalue weighted by molar-refractivity contribution is 0.0949. The van der Waals surface area contributed by atoms with Gasteiger partial charge in [0.1, 0.15) is 5.82 Å². The molecule has 0 radical (unpaired) electrons. The summed E-state index contributed by atoms with van der Waals surface area (Å²) < 4.78 is 13.3. The maximum Gasteiger partial charge on any atom is 0.254 e. The summed E-state index contributed by atoms with van der Waals surface area (Å²) in [5, 5.41) is 3.05. The van der Waals surface area contributed by atoms with Crippen LogP contribution in [0.4, 0.5) is 4.39 Å². The van der Waals surface area contributed by atoms with E-state index in [4.69, 9.17) is 11.6 Å². The first-order valence-corrected chi connectivity index (χ1v) is 6.26. The number of halogens is 2. The van der Waals surface area contributed by atoms with E-state index in [-0.39, 0.29) is 5.56 Å². The van der Waals surface area contributed by atoms with Crippen molar-refractivity contribution in [2.75, 3.05) is 6.54 Å². The Labute approximate surface area is 106 Å². The van der Waals surface area contributed by atoms with Crippen molar-refractivity contribution in [2.24, 2.45) is 0 Å². The molecule has 0 aliphatic carbocycles. The van der Waals surface area contributed by atoms with E-state index in [1.54, 1.807) is 0 Å². The van der Waals surface area contributed by atoms with E-state index in [0.29, 0.717) is 11.6 Å². The minimum Gasteiger partial charge on any atom is -0.352 e. The summed E-state index contributed by atoms with van der Waals surface area (Å²) in [6.07, 6.45) is 4.30. The van der Waals surface area contributed by atoms with Crippen molar-refractivity contribution in [3.8, 4) is 0 Å². The summed E-state index contributed by atoms with van der Waals surface area (Å²) in [5.74, 6) is -0.943. The molecule has 94 valence electrons. The second-order valence-electron chi connectivity index (χ2n) is 3.94. The van der Waals surface area contributed by atoms with E-state index in [0.717, 1.165) is 25.7 Å². The lowest BCUT2D eigenvalue weighted by Crippen LogP contribution is -2.25. The maximum atomic E-state index is 13.3. The molecule has 0 heterocycles. The van der Waals surface area contributed by atoms with E-state index < -0.39 is 11.7 Å². The normalized spacial score (nSPS) is 10.3. The average Bonchev–Trinajstić information content (AvgIpc) is 2.32. The van der Waals surface area contributed by atoms with Crippen LogP contribution in [-0.4, -0.2) is 12.5 Å². The van der Waals surface area contributed by atoms with E-state index in [2.05, 4.69) is 12.2 Å². The molecule has 1 aromatic carbocycles. The number of amides is 1. The first kappa shape index (κ1) is 14.0. The van der Waals surface area contributed by atoms with Crippen LogP contribution in [-0.2, 0) is 0 Å². The van der Waals surface area contributed by atoms with Gasteiger partial charge in [0, 0.05) is 11.6 Å². The number of hydrogen-bond donors (Lipinski definition) is 1. The van der Waals surface area contributed by atoms with Gasteiger partial charge in [-0.2, -0.15) is 0 Å². The van der Waals surface area contributed by atoms with Crippen LogP contribution in [0.1, 0.15) is 43.0 Å². The lowest BCUT2D eigenvalue weighted by Gasteiger charge is -2.06. The topological polar surface area (TPSA) is 29.1 Å². The Morgan fingerprint density at radius 1 is 1.35 bits per heavy atom. The Bertz CT molecular complexity index is 382. The van der Waals surface area contributed by atoms with Gasteiger partial charge in [-0.1, -0.05) is 37.8 Å². The van der Waals surface area contributed by atoms with Gasteiger partial charge in [0.15, 0.2) is 0 Å². The number of hydrogen-bond acceptors (Lipinski definition) is 1. The van der Waals surface area contributed by atoms with E-state index >= 15 is 0 Å². The summed E-state index contributed by atoms with van der Waals surface area (Å²) in [6, 6.07) is 3.97. The van der Waals surface area contributed by atoms with Crippen LogP contribution in [0.2, 0.25) is 5.02 Å². The predicted octanol–water partition coefficient (Wildman–Crippen LogP) is 3.79. The van der Waals surface area contributed by atoms with Crippen molar-refractivity contribution >= 4 is 17.5 Å². The fourth-order valence-corrected chi connectivity index (χ4v) is 1.69. The Kier molecular flexibility index (Phi) is 5.98. The summed E-state index contributed by atoms with van der Waals surface area (Å²) >= 11 is 5.72. The first-order valence-electron chi connectivity index (χ1n) is 5.88. The summed E-state index contributed by atoms with van der Waals surface area (Å²) in [6.45, 7) is 2.70. The van der Waals surface area contributed by atoms with Gasteiger partial charge in [0.25, 0.3) is 5.91 Å². The number of rotatable bonds is 6. The van der Waals surface area contributed by atoms with Crippen molar-refractivity contribution in [3.05, 3.63) is 34.6 Å². The van der Waals surface area contributed by atoms with Crippen LogP contribution in [0, 0.1) is 5.82 Å². The van der Waals surface area contributed by atoms with Gasteiger partial charge in [-0.3, -0.25) is 4.79 Å². The Hall–Kier alpha value is -1.09. The second kappa shape index (κ2) is 7.28. The zero-order valence-electron chi connectivity index (χ0n) is 9.93. The van der Waals surface area contributed by atoms with Gasteiger partial charge in [-0.25, -0.2) is 4.39 Å². The minimum absolute atomic E-state index is 0.00740. The molecular formula is C13H17ClFNO. The van der Waals surface area contributed by atoms with E-state index in [9.17, 15) is 9.18 Å². The smallest absolute Gasteiger partial charge is 0.254 e. The van der Waals surface area contributed by atoms with E-state index in [1.807, 2.05) is 0 Å². The second-order valence-corrected chi connectivity index (χ2v) is 4.38. The number of carbonyl (C=O) groups excluding carboxylic acids is 1. The molecule has 0 atom stereocenters. The Morgan fingerprint density at radius 2 is 2.12 bits per heavy atom. The average molecular weight is 258 g/mol. The van der Waals surface area contributed by atoms with Gasteiger partial charge >= 0.3 is 0 Å². The molecule has 0 saturated heterocycles. The van der Waals surface area contributed by atoms with Crippen LogP contribution in [0.5, 0.6) is 0 Å². The van der Waals surface area contributed by atoms with Gasteiger partial charge in [0.2, 0.25) is 0 Å². The number of benzene rings is 1. The van der Waals surface area contributed by atoms with Crippen molar-refractivity contribution in [1.29, 1.82) is 0 Å². The summed E-state index contributed by atoms with van der Waals surface area (Å²) in [4.78, 5) is 11.6. The summed E-state index contributed by atoms with van der Waals surface area (Å²) in [5.41, 5.74) is 0.00740. The van der Waals surface area contributed by atoms with Crippen LogP contribution in [0.15, 0.2) is 18.2 Å². The zero-order valence-corrected chi connectivity index (χ0v) is 10.7. The highest BCUT2D eigenvalue weighted by molar-refractivity contribution is 6.30. The summed E-state index contributed by atoms with van der Waals surface area (Å²) in [7, 11) is 0. The van der Waals surface area contributed by atoms with Crippen LogP contribution in [0.3, 0.4) is 0 Å². The zero-order chi connectivity index (χ0) is 12.7. The number of carbonyl (C=O) groups is 1. The molecule has 0 fully saturated rings. The molecule has 0 aromatic heterocycles. The van der Waals surface area contributed by atoms with Crippen LogP contribution < -0.4 is 5.32 Å². The highest BCUT2D eigenvalue weighted by Gasteiger charge is 2.11. The largest absolute Gasteiger partial charge is 0.352 e. The first-order chi connectivity index (χ1) is 8.15. The molecule has 1 aromatic rings. The molecule has 1 rings (SSSR count). The predicted molar refractivity (Wildman–Crippen MR) is 67.9 cm³/mol. The van der Waals surface area contributed by atoms with Crippen LogP contribution in [0.25, 0.3) is 0 Å². The third-order valence-corrected chi connectivity index (χ3v) is 2.72. The molecule has 1 N–H and O–H groups in total. The molecule has 0 aliphatic rings. The lowest BCUT2D eigenvalue weighted by atomic mass is 10.2. The third-order valence-electron chi connectivity index (χ3n) is 2.49. The number of unbranched alkanes of at least 4 members (excludes halogenated alkanes) is 3. The number of nitrogens with one attached hydrogen (secondary N) is 1. The molecule has 0 bridgehead atoms. The van der Waals surface area contributed by atoms with Gasteiger partial charge in [-0.15, -0.1) is 0 Å². The highest BCUT2D eigenvalue weighted by atomic mass is 35.5. The quantitative estimate of drug-likeness (QED) is 0.772. The molecule has 0 aliphatic heterocycles. The van der Waals surface area contributed by atoms with Crippen LogP contribution >= 0.6 is 11.6 Å². The van der Waals surface area contributed by atoms with E-state index in [1.165, 1.54) is 18.2 Å². The fourth-order valence-electron chi connectivity index (χ4n) is 1.52. The molecule has 0 unspecified atom stereocenters. The molecule has 4 heteroatoms. The van der Waals surface area contributed by atoms with Gasteiger partial charge in [-0.05, 0) is 24.6 Å². The fraction of sp³-hybridized carbons (Fsp3) is 0.462. The van der Waals surface area contributed by atoms with Crippen molar-refractivity contribution in [1.82, 2.24) is 5.32 Å². The van der Waals surface area contributed by atoms with Gasteiger partial charge < -0.3 is 5.32 Å². The molecule has 0 saturated carbocycles. The van der Waals surface area contributed by atoms with Crippen molar-refractivity contribution < 1.29 is 9.18 Å². The van der Waals surface area contributed by atoms with Crippen molar-refractivity contribution in [2.45, 2.75) is 32.6 Å². The van der Waals surface area contributed by atoms with Crippen molar-refractivity contribution in [3.63, 3.8) is 0 Å². The Morgan fingerprint density at radius 3 is 2.82 bits per heavy atom. The minimum atomic E-state index is -0.541. The van der Waals surface area contributed by atoms with Gasteiger partial charge in [0.05, 0.1) is 5.56 Å². The third kappa shape index (κ3) is 4.73.